The minimum atomic E-state index is 0.0662. The van der Waals surface area contributed by atoms with E-state index in [1.165, 1.54) is 98.7 Å². The molecule has 0 spiro atoms. The van der Waals surface area contributed by atoms with E-state index in [1.54, 1.807) is 0 Å². The van der Waals surface area contributed by atoms with Gasteiger partial charge in [0.2, 0.25) is 0 Å². The highest BCUT2D eigenvalue weighted by molar-refractivity contribution is 6.29. The average Bonchev–Trinajstić information content (AvgIpc) is 3.76. The number of aromatic nitrogens is 4. The highest BCUT2D eigenvalue weighted by atomic mass is 15.0. The van der Waals surface area contributed by atoms with E-state index in [4.69, 9.17) is 9.97 Å². The molecular weight excluding hydrogens is 560 g/mol. The van der Waals surface area contributed by atoms with Crippen molar-refractivity contribution < 1.29 is 0 Å². The Balaban J connectivity index is 1.32. The number of para-hydroxylation sites is 2. The van der Waals surface area contributed by atoms with E-state index in [-0.39, 0.29) is 21.7 Å². The summed E-state index contributed by atoms with van der Waals surface area (Å²) in [6.45, 7) is 19.1. The highest BCUT2D eigenvalue weighted by Crippen LogP contribution is 2.55. The first-order valence-electron chi connectivity index (χ1n) is 16.9. The van der Waals surface area contributed by atoms with Gasteiger partial charge in [0.05, 0.1) is 56.9 Å². The summed E-state index contributed by atoms with van der Waals surface area (Å²) in [5, 5.41) is 10.8. The lowest BCUT2D eigenvalue weighted by Gasteiger charge is -2.22. The van der Waals surface area contributed by atoms with Crippen LogP contribution >= 0.6 is 0 Å². The topological polar surface area (TPSA) is 34.6 Å². The van der Waals surface area contributed by atoms with Crippen molar-refractivity contribution in [2.45, 2.75) is 89.9 Å². The zero-order valence-corrected chi connectivity index (χ0v) is 28.0. The van der Waals surface area contributed by atoms with Crippen LogP contribution < -0.4 is 0 Å². The quantitative estimate of drug-likeness (QED) is 0.174. The lowest BCUT2D eigenvalue weighted by atomic mass is 9.81. The minimum absolute atomic E-state index is 0.0662. The van der Waals surface area contributed by atoms with Crippen molar-refractivity contribution >= 4 is 76.2 Å². The molecule has 0 aliphatic heterocycles. The van der Waals surface area contributed by atoms with E-state index in [1.807, 2.05) is 0 Å². The van der Waals surface area contributed by atoms with Crippen LogP contribution in [0.4, 0.5) is 0 Å². The van der Waals surface area contributed by atoms with Gasteiger partial charge in [0.25, 0.3) is 0 Å². The van der Waals surface area contributed by atoms with Gasteiger partial charge in [-0.3, -0.25) is 9.97 Å². The smallest absolute Gasteiger partial charge is 0.0728 e. The molecule has 0 saturated carbocycles. The maximum absolute atomic E-state index is 5.22. The van der Waals surface area contributed by atoms with Crippen LogP contribution in [0.3, 0.4) is 0 Å². The molecule has 2 aliphatic rings. The van der Waals surface area contributed by atoms with Gasteiger partial charge in [0.1, 0.15) is 0 Å². The summed E-state index contributed by atoms with van der Waals surface area (Å²) < 4.78 is 5.05. The first-order valence-corrected chi connectivity index (χ1v) is 16.9. The molecule has 0 saturated heterocycles. The van der Waals surface area contributed by atoms with Crippen LogP contribution in [-0.4, -0.2) is 18.8 Å². The Kier molecular flexibility index (Phi) is 4.05. The second-order valence-corrected chi connectivity index (χ2v) is 17.3. The van der Waals surface area contributed by atoms with Gasteiger partial charge in [-0.25, -0.2) is 0 Å². The first-order chi connectivity index (χ1) is 21.8. The first kappa shape index (κ1) is 25.7. The van der Waals surface area contributed by atoms with Crippen LogP contribution in [-0.2, 0) is 21.7 Å². The van der Waals surface area contributed by atoms with E-state index < -0.39 is 0 Å². The van der Waals surface area contributed by atoms with Gasteiger partial charge >= 0.3 is 0 Å². The van der Waals surface area contributed by atoms with Gasteiger partial charge in [0.15, 0.2) is 0 Å². The van der Waals surface area contributed by atoms with E-state index in [0.29, 0.717) is 0 Å². The molecule has 0 atom stereocenters. The van der Waals surface area contributed by atoms with Crippen molar-refractivity contribution in [2.24, 2.45) is 0 Å². The van der Waals surface area contributed by atoms with Crippen molar-refractivity contribution in [2.75, 3.05) is 0 Å². The summed E-state index contributed by atoms with van der Waals surface area (Å²) in [7, 11) is 0. The van der Waals surface area contributed by atoms with E-state index in [0.717, 1.165) is 12.8 Å². The van der Waals surface area contributed by atoms with Gasteiger partial charge in [-0.1, -0.05) is 91.8 Å². The second kappa shape index (κ2) is 7.25. The lowest BCUT2D eigenvalue weighted by Crippen LogP contribution is -2.18. The molecule has 0 fully saturated rings. The van der Waals surface area contributed by atoms with Crippen molar-refractivity contribution in [3.63, 3.8) is 0 Å². The lowest BCUT2D eigenvalue weighted by molar-refractivity contribution is 0.400. The fraction of sp³-hybridized carbons (Fsp3) is 0.333. The van der Waals surface area contributed by atoms with Crippen LogP contribution in [0.2, 0.25) is 0 Å². The molecular formula is C42H38N4. The number of fused-ring (bicyclic) bond motifs is 16. The number of rotatable bonds is 0. The highest BCUT2D eigenvalue weighted by Gasteiger charge is 2.46. The van der Waals surface area contributed by atoms with Gasteiger partial charge in [-0.2, -0.15) is 0 Å². The maximum atomic E-state index is 5.22. The Bertz CT molecular complexity index is 2660. The largest absolute Gasteiger partial charge is 0.306 e. The van der Waals surface area contributed by atoms with Crippen LogP contribution in [0, 0.1) is 0 Å². The molecule has 4 heteroatoms. The van der Waals surface area contributed by atoms with Gasteiger partial charge < -0.3 is 8.80 Å². The normalized spacial score (nSPS) is 19.8. The second-order valence-electron chi connectivity index (χ2n) is 17.3. The van der Waals surface area contributed by atoms with Gasteiger partial charge in [0, 0.05) is 53.9 Å². The Morgan fingerprint density at radius 3 is 1.28 bits per heavy atom. The Labute approximate surface area is 267 Å². The molecule has 6 heterocycles. The minimum Gasteiger partial charge on any atom is -0.306 e. The number of nitrogens with zero attached hydrogens (tertiary/aromatic N) is 4. The molecule has 226 valence electrons. The van der Waals surface area contributed by atoms with Crippen molar-refractivity contribution in [1.29, 1.82) is 0 Å². The predicted octanol–water partition coefficient (Wildman–Crippen LogP) is 10.7. The fourth-order valence-electron chi connectivity index (χ4n) is 11.3. The average molecular weight is 599 g/mol. The number of hydrogen-bond donors (Lipinski definition) is 0. The number of benzene rings is 3. The SMILES string of the molecule is CC1(C)CC(C)(C)c2c1ncc1c2c2cccc3c4cc5c(cc4n1c32)c1cccc2c3c4c(ncc3n5c12)C(C)(C)CC4(C)C. The number of pyridine rings is 2. The van der Waals surface area contributed by atoms with Gasteiger partial charge in [-0.15, -0.1) is 0 Å². The van der Waals surface area contributed by atoms with Crippen molar-refractivity contribution in [1.82, 2.24) is 18.8 Å². The molecule has 0 N–H and O–H groups in total. The van der Waals surface area contributed by atoms with Crippen LogP contribution in [0.1, 0.15) is 90.7 Å². The third-order valence-electron chi connectivity index (χ3n) is 12.2. The number of hydrogen-bond acceptors (Lipinski definition) is 2. The van der Waals surface area contributed by atoms with Crippen LogP contribution in [0.5, 0.6) is 0 Å². The maximum Gasteiger partial charge on any atom is 0.0728 e. The zero-order chi connectivity index (χ0) is 31.4. The summed E-state index contributed by atoms with van der Waals surface area (Å²) >= 11 is 0. The Morgan fingerprint density at radius 2 is 0.870 bits per heavy atom. The third kappa shape index (κ3) is 2.63. The molecule has 9 aromatic rings. The van der Waals surface area contributed by atoms with Crippen molar-refractivity contribution in [3.05, 3.63) is 83.4 Å². The monoisotopic (exact) mass is 598 g/mol. The molecule has 11 rings (SSSR count). The van der Waals surface area contributed by atoms with E-state index >= 15 is 0 Å². The zero-order valence-electron chi connectivity index (χ0n) is 28.0. The third-order valence-corrected chi connectivity index (χ3v) is 12.2. The summed E-state index contributed by atoms with van der Waals surface area (Å²) in [4.78, 5) is 10.4. The predicted molar refractivity (Wildman–Crippen MR) is 193 cm³/mol. The van der Waals surface area contributed by atoms with Gasteiger partial charge in [-0.05, 0) is 46.9 Å². The molecule has 3 aromatic carbocycles. The molecule has 0 amide bonds. The van der Waals surface area contributed by atoms with Crippen molar-refractivity contribution in [3.8, 4) is 0 Å². The molecule has 4 nitrogen and oxygen atoms in total. The molecule has 2 aliphatic carbocycles. The summed E-state index contributed by atoms with van der Waals surface area (Å²) in [6.07, 6.45) is 6.55. The van der Waals surface area contributed by atoms with Crippen LogP contribution in [0.15, 0.2) is 60.9 Å². The summed E-state index contributed by atoms with van der Waals surface area (Å²) in [5.41, 5.74) is 13.4. The Morgan fingerprint density at radius 1 is 0.478 bits per heavy atom. The van der Waals surface area contributed by atoms with E-state index in [2.05, 4.69) is 125 Å². The molecule has 6 aromatic heterocycles. The standard InChI is InChI=1S/C42H38N4/c1-39(2)19-41(5,6)37-33(39)31-23-13-9-11-21-25-16-28-26(15-27(25)45(35(21)23)29(31)17-43-37)22-12-10-14-24-32-30(46(28)36(22)24)18-44-38-34(32)40(3,4)20-42(38,7)8/h9-18H,19-20H2,1-8H3. The molecule has 0 radical (unpaired) electrons. The Hall–Kier alpha value is -4.44. The molecule has 0 bridgehead atoms. The molecule has 46 heavy (non-hydrogen) atoms. The summed E-state index contributed by atoms with van der Waals surface area (Å²) in [6, 6.07) is 18.8. The van der Waals surface area contributed by atoms with Crippen LogP contribution in [0.25, 0.3) is 76.2 Å². The molecule has 0 unspecified atom stereocenters. The van der Waals surface area contributed by atoms with E-state index in [9.17, 15) is 0 Å². The fourth-order valence-corrected chi connectivity index (χ4v) is 11.3. The summed E-state index contributed by atoms with van der Waals surface area (Å²) in [5.74, 6) is 0.